The second-order valence-corrected chi connectivity index (χ2v) is 8.87. The molecule has 0 N–H and O–H groups in total. The first-order chi connectivity index (χ1) is 13.0. The number of ether oxygens (including phenoxy) is 2. The summed E-state index contributed by atoms with van der Waals surface area (Å²) in [4.78, 5) is 4.93. The molecule has 2 unspecified atom stereocenters. The molecule has 0 radical (unpaired) electrons. The molecule has 2 atom stereocenters. The van der Waals surface area contributed by atoms with E-state index >= 15 is 0 Å². The van der Waals surface area contributed by atoms with Crippen molar-refractivity contribution in [2.75, 3.05) is 47.0 Å². The van der Waals surface area contributed by atoms with Gasteiger partial charge in [-0.05, 0) is 77.7 Å². The van der Waals surface area contributed by atoms with E-state index in [2.05, 4.69) is 62.0 Å². The van der Waals surface area contributed by atoms with Crippen LogP contribution in [-0.2, 0) is 10.2 Å². The maximum Gasteiger partial charge on any atom is 0.119 e. The van der Waals surface area contributed by atoms with Crippen LogP contribution in [0.15, 0.2) is 24.3 Å². The average Bonchev–Trinajstić information content (AvgIpc) is 2.97. The summed E-state index contributed by atoms with van der Waals surface area (Å²) >= 11 is 0. The predicted octanol–water partition coefficient (Wildman–Crippen LogP) is 3.94. The zero-order valence-corrected chi connectivity index (χ0v) is 17.7. The third-order valence-electron chi connectivity index (χ3n) is 6.50. The molecule has 1 aromatic rings. The lowest BCUT2D eigenvalue weighted by molar-refractivity contribution is 0.0401. The van der Waals surface area contributed by atoms with Crippen LogP contribution in [0.1, 0.15) is 51.5 Å². The van der Waals surface area contributed by atoms with Crippen LogP contribution < -0.4 is 4.74 Å². The van der Waals surface area contributed by atoms with Gasteiger partial charge in [0.15, 0.2) is 0 Å². The molecular weight excluding hydrogens is 336 g/mol. The quantitative estimate of drug-likeness (QED) is 0.644. The Kier molecular flexibility index (Phi) is 7.18. The Morgan fingerprint density at radius 1 is 1.07 bits per heavy atom. The largest absolute Gasteiger partial charge is 0.494 e. The maximum atomic E-state index is 6.03. The minimum absolute atomic E-state index is 0.211. The number of rotatable bonds is 8. The lowest BCUT2D eigenvalue weighted by Crippen LogP contribution is -2.42. The van der Waals surface area contributed by atoms with E-state index in [0.717, 1.165) is 70.0 Å². The molecule has 0 bridgehead atoms. The standard InChI is InChI=1S/C23H38N2O2/c1-19-6-7-20(2)25(19)14-5-15-27-22-10-8-21(9-11-22)23(18-24(3)4)12-16-26-17-13-23/h8-11,19-20H,5-7,12-18H2,1-4H3. The van der Waals surface area contributed by atoms with Gasteiger partial charge in [0.25, 0.3) is 0 Å². The fraction of sp³-hybridized carbons (Fsp3) is 0.739. The normalized spacial score (nSPS) is 25.8. The van der Waals surface area contributed by atoms with Crippen molar-refractivity contribution in [3.05, 3.63) is 29.8 Å². The second kappa shape index (κ2) is 9.40. The van der Waals surface area contributed by atoms with Crippen molar-refractivity contribution in [1.29, 1.82) is 0 Å². The molecule has 152 valence electrons. The summed E-state index contributed by atoms with van der Waals surface area (Å²) in [5, 5.41) is 0. The minimum atomic E-state index is 0.211. The smallest absolute Gasteiger partial charge is 0.119 e. The summed E-state index contributed by atoms with van der Waals surface area (Å²) in [5.74, 6) is 0.994. The molecule has 0 saturated carbocycles. The van der Waals surface area contributed by atoms with Gasteiger partial charge in [-0.2, -0.15) is 0 Å². The van der Waals surface area contributed by atoms with Crippen LogP contribution in [0.4, 0.5) is 0 Å². The Morgan fingerprint density at radius 2 is 1.70 bits per heavy atom. The highest BCUT2D eigenvalue weighted by Gasteiger charge is 2.35. The Balaban J connectivity index is 1.52. The van der Waals surface area contributed by atoms with Gasteiger partial charge in [0.2, 0.25) is 0 Å². The van der Waals surface area contributed by atoms with E-state index in [4.69, 9.17) is 9.47 Å². The van der Waals surface area contributed by atoms with Crippen molar-refractivity contribution in [3.8, 4) is 5.75 Å². The Bertz CT molecular complexity index is 556. The molecule has 4 nitrogen and oxygen atoms in total. The van der Waals surface area contributed by atoms with Gasteiger partial charge in [-0.25, -0.2) is 0 Å². The average molecular weight is 375 g/mol. The van der Waals surface area contributed by atoms with E-state index in [9.17, 15) is 0 Å². The number of hydrogen-bond acceptors (Lipinski definition) is 4. The van der Waals surface area contributed by atoms with E-state index in [1.165, 1.54) is 18.4 Å². The van der Waals surface area contributed by atoms with Crippen molar-refractivity contribution in [3.63, 3.8) is 0 Å². The highest BCUT2D eigenvalue weighted by atomic mass is 16.5. The van der Waals surface area contributed by atoms with E-state index < -0.39 is 0 Å². The molecule has 0 aromatic heterocycles. The van der Waals surface area contributed by atoms with Gasteiger partial charge >= 0.3 is 0 Å². The highest BCUT2D eigenvalue weighted by Crippen LogP contribution is 2.36. The predicted molar refractivity (Wildman–Crippen MR) is 112 cm³/mol. The van der Waals surface area contributed by atoms with Gasteiger partial charge in [-0.1, -0.05) is 12.1 Å². The Labute approximate surface area is 165 Å². The second-order valence-electron chi connectivity index (χ2n) is 8.87. The molecule has 2 aliphatic rings. The first-order valence-corrected chi connectivity index (χ1v) is 10.7. The molecule has 2 saturated heterocycles. The summed E-state index contributed by atoms with van der Waals surface area (Å²) in [6, 6.07) is 10.3. The van der Waals surface area contributed by atoms with Gasteiger partial charge in [-0.3, -0.25) is 4.90 Å². The van der Waals surface area contributed by atoms with Crippen molar-refractivity contribution in [1.82, 2.24) is 9.80 Å². The highest BCUT2D eigenvalue weighted by molar-refractivity contribution is 5.33. The molecule has 2 aliphatic heterocycles. The van der Waals surface area contributed by atoms with Crippen molar-refractivity contribution in [2.45, 2.75) is 63.5 Å². The lowest BCUT2D eigenvalue weighted by atomic mass is 9.74. The van der Waals surface area contributed by atoms with Gasteiger partial charge in [-0.15, -0.1) is 0 Å². The van der Waals surface area contributed by atoms with E-state index in [-0.39, 0.29) is 5.41 Å². The third-order valence-corrected chi connectivity index (χ3v) is 6.50. The van der Waals surface area contributed by atoms with Crippen molar-refractivity contribution < 1.29 is 9.47 Å². The summed E-state index contributed by atoms with van der Waals surface area (Å²) in [6.45, 7) is 9.44. The molecule has 1 aromatic carbocycles. The van der Waals surface area contributed by atoms with Gasteiger partial charge in [0.1, 0.15) is 5.75 Å². The SMILES string of the molecule is CC1CCC(C)N1CCCOc1ccc(C2(CN(C)C)CCOCC2)cc1. The summed E-state index contributed by atoms with van der Waals surface area (Å²) < 4.78 is 11.7. The zero-order valence-electron chi connectivity index (χ0n) is 17.7. The maximum absolute atomic E-state index is 6.03. The van der Waals surface area contributed by atoms with E-state index in [0.29, 0.717) is 0 Å². The number of benzene rings is 1. The topological polar surface area (TPSA) is 24.9 Å². The molecule has 3 rings (SSSR count). The lowest BCUT2D eigenvalue weighted by Gasteiger charge is -2.39. The number of hydrogen-bond donors (Lipinski definition) is 0. The first-order valence-electron chi connectivity index (χ1n) is 10.7. The molecule has 0 spiro atoms. The number of likely N-dealkylation sites (tertiary alicyclic amines) is 1. The summed E-state index contributed by atoms with van der Waals surface area (Å²) in [5.41, 5.74) is 1.63. The van der Waals surface area contributed by atoms with Crippen molar-refractivity contribution >= 4 is 0 Å². The number of likely N-dealkylation sites (N-methyl/N-ethyl adjacent to an activating group) is 1. The summed E-state index contributed by atoms with van der Waals surface area (Å²) in [7, 11) is 4.33. The number of nitrogens with zero attached hydrogens (tertiary/aromatic N) is 2. The van der Waals surface area contributed by atoms with Crippen LogP contribution in [0.2, 0.25) is 0 Å². The molecule has 0 amide bonds. The Morgan fingerprint density at radius 3 is 2.30 bits per heavy atom. The molecule has 27 heavy (non-hydrogen) atoms. The van der Waals surface area contributed by atoms with Gasteiger partial charge < -0.3 is 14.4 Å². The van der Waals surface area contributed by atoms with Crippen LogP contribution >= 0.6 is 0 Å². The van der Waals surface area contributed by atoms with Gasteiger partial charge in [0.05, 0.1) is 6.61 Å². The fourth-order valence-electron chi connectivity index (χ4n) is 4.94. The first kappa shape index (κ1) is 20.6. The van der Waals surface area contributed by atoms with E-state index in [1.807, 2.05) is 0 Å². The molecule has 2 fully saturated rings. The monoisotopic (exact) mass is 374 g/mol. The van der Waals surface area contributed by atoms with Crippen LogP contribution in [-0.4, -0.2) is 68.9 Å². The van der Waals surface area contributed by atoms with Crippen LogP contribution in [0.5, 0.6) is 5.75 Å². The van der Waals surface area contributed by atoms with Crippen LogP contribution in [0.3, 0.4) is 0 Å². The summed E-state index contributed by atoms with van der Waals surface area (Å²) in [6.07, 6.45) is 5.96. The molecule has 4 heteroatoms. The molecule has 0 aliphatic carbocycles. The van der Waals surface area contributed by atoms with Crippen LogP contribution in [0, 0.1) is 0 Å². The zero-order chi connectivity index (χ0) is 19.3. The Hall–Kier alpha value is -1.10. The fourth-order valence-corrected chi connectivity index (χ4v) is 4.94. The van der Waals surface area contributed by atoms with Gasteiger partial charge in [0, 0.05) is 43.8 Å². The molecule has 2 heterocycles. The minimum Gasteiger partial charge on any atom is -0.494 e. The molecular formula is C23H38N2O2. The van der Waals surface area contributed by atoms with Crippen LogP contribution in [0.25, 0.3) is 0 Å². The van der Waals surface area contributed by atoms with Crippen molar-refractivity contribution in [2.24, 2.45) is 0 Å². The third kappa shape index (κ3) is 5.24. The van der Waals surface area contributed by atoms with E-state index in [1.54, 1.807) is 0 Å².